The van der Waals surface area contributed by atoms with Crippen LogP contribution in [0.1, 0.15) is 34.1 Å². The van der Waals surface area contributed by atoms with Crippen LogP contribution in [-0.4, -0.2) is 41.5 Å². The Morgan fingerprint density at radius 2 is 1.88 bits per heavy atom. The molecule has 0 aliphatic carbocycles. The molecule has 0 aromatic heterocycles. The molecule has 5 nitrogen and oxygen atoms in total. The first kappa shape index (κ1) is 14.0. The van der Waals surface area contributed by atoms with Gasteiger partial charge in [0.15, 0.2) is 0 Å². The third kappa shape index (κ3) is 4.34. The van der Waals surface area contributed by atoms with E-state index in [4.69, 9.17) is 10.5 Å². The third-order valence-corrected chi connectivity index (χ3v) is 2.71. The van der Waals surface area contributed by atoms with Crippen molar-refractivity contribution in [2.75, 3.05) is 13.1 Å². The number of rotatable bonds is 1. The minimum Gasteiger partial charge on any atom is -0.444 e. The molecule has 1 amide bonds. The van der Waals surface area contributed by atoms with Gasteiger partial charge in [0.05, 0.1) is 0 Å². The quantitative estimate of drug-likeness (QED) is 0.749. The van der Waals surface area contributed by atoms with Gasteiger partial charge in [-0.15, -0.1) is 0 Å². The predicted molar refractivity (Wildman–Crippen MR) is 64.6 cm³/mol. The molecule has 2 unspecified atom stereocenters. The van der Waals surface area contributed by atoms with E-state index in [1.165, 1.54) is 11.8 Å². The van der Waals surface area contributed by atoms with E-state index >= 15 is 0 Å². The molecule has 0 aromatic rings. The predicted octanol–water partition coefficient (Wildman–Crippen LogP) is 1.16. The van der Waals surface area contributed by atoms with Gasteiger partial charge in [-0.1, -0.05) is 0 Å². The zero-order valence-electron chi connectivity index (χ0n) is 11.0. The van der Waals surface area contributed by atoms with E-state index in [-0.39, 0.29) is 23.8 Å². The Morgan fingerprint density at radius 1 is 1.29 bits per heavy atom. The fourth-order valence-corrected chi connectivity index (χ4v) is 1.91. The number of ketones is 1. The summed E-state index contributed by atoms with van der Waals surface area (Å²) < 4.78 is 5.27. The molecule has 5 heteroatoms. The van der Waals surface area contributed by atoms with Crippen molar-refractivity contribution in [1.82, 2.24) is 4.90 Å². The van der Waals surface area contributed by atoms with Crippen LogP contribution in [-0.2, 0) is 9.53 Å². The van der Waals surface area contributed by atoms with Crippen molar-refractivity contribution in [1.29, 1.82) is 0 Å². The van der Waals surface area contributed by atoms with Gasteiger partial charge in [-0.3, -0.25) is 4.79 Å². The molecule has 98 valence electrons. The first-order chi connectivity index (χ1) is 7.69. The minimum absolute atomic E-state index is 0.0775. The number of hydrogen-bond acceptors (Lipinski definition) is 4. The van der Waals surface area contributed by atoms with Crippen LogP contribution in [0.2, 0.25) is 0 Å². The van der Waals surface area contributed by atoms with Gasteiger partial charge in [-0.2, -0.15) is 0 Å². The lowest BCUT2D eigenvalue weighted by molar-refractivity contribution is -0.122. The van der Waals surface area contributed by atoms with Gasteiger partial charge < -0.3 is 15.4 Å². The summed E-state index contributed by atoms with van der Waals surface area (Å²) in [7, 11) is 0. The Morgan fingerprint density at radius 3 is 2.35 bits per heavy atom. The van der Waals surface area contributed by atoms with E-state index in [0.29, 0.717) is 19.5 Å². The van der Waals surface area contributed by atoms with Gasteiger partial charge in [0.1, 0.15) is 11.4 Å². The Balaban J connectivity index is 2.64. The number of ether oxygens (including phenoxy) is 1. The number of Topliss-reactive ketones (excluding diaryl/α,β-unsaturated/α-hetero) is 1. The maximum absolute atomic E-state index is 11.9. The molecule has 0 aromatic carbocycles. The number of nitrogens with two attached hydrogens (primary N) is 1. The zero-order valence-corrected chi connectivity index (χ0v) is 11.0. The summed E-state index contributed by atoms with van der Waals surface area (Å²) in [5, 5.41) is 0. The summed E-state index contributed by atoms with van der Waals surface area (Å²) in [6.07, 6.45) is 0.258. The number of hydrogen-bond donors (Lipinski definition) is 1. The lowest BCUT2D eigenvalue weighted by atomic mass is 9.92. The highest BCUT2D eigenvalue weighted by Gasteiger charge is 2.32. The number of nitrogens with zero attached hydrogens (tertiary/aromatic N) is 1. The van der Waals surface area contributed by atoms with E-state index in [0.717, 1.165) is 0 Å². The van der Waals surface area contributed by atoms with Crippen molar-refractivity contribution in [2.45, 2.75) is 45.8 Å². The molecule has 0 saturated carbocycles. The second-order valence-corrected chi connectivity index (χ2v) is 5.69. The number of likely N-dealkylation sites (tertiary alicyclic amines) is 1. The average Bonchev–Trinajstić information content (AvgIpc) is 2.13. The molecule has 2 atom stereocenters. The molecule has 0 bridgehead atoms. The topological polar surface area (TPSA) is 72.6 Å². The largest absolute Gasteiger partial charge is 0.444 e. The van der Waals surface area contributed by atoms with Crippen LogP contribution in [0.3, 0.4) is 0 Å². The zero-order chi connectivity index (χ0) is 13.2. The minimum atomic E-state index is -0.523. The molecule has 1 aliphatic heterocycles. The number of piperidine rings is 1. The maximum Gasteiger partial charge on any atom is 0.410 e. The average molecular weight is 242 g/mol. The molecule has 1 rings (SSSR count). The van der Waals surface area contributed by atoms with Gasteiger partial charge >= 0.3 is 6.09 Å². The summed E-state index contributed by atoms with van der Waals surface area (Å²) in [6.45, 7) is 7.86. The molecule has 0 radical (unpaired) electrons. The molecule has 1 aliphatic rings. The van der Waals surface area contributed by atoms with E-state index in [2.05, 4.69) is 0 Å². The first-order valence-corrected chi connectivity index (χ1v) is 5.93. The lowest BCUT2D eigenvalue weighted by Crippen LogP contribution is -2.52. The SMILES string of the molecule is CC(=O)C1CC(N)CN(C(=O)OC(C)(C)C)C1. The molecule has 17 heavy (non-hydrogen) atoms. The van der Waals surface area contributed by atoms with Crippen LogP contribution < -0.4 is 5.73 Å². The monoisotopic (exact) mass is 242 g/mol. The standard InChI is InChI=1S/C12H22N2O3/c1-8(15)9-5-10(13)7-14(6-9)11(16)17-12(2,3)4/h9-10H,5-7,13H2,1-4H3. The van der Waals surface area contributed by atoms with Crippen LogP contribution in [0.25, 0.3) is 0 Å². The molecular formula is C12H22N2O3. The van der Waals surface area contributed by atoms with Crippen molar-refractivity contribution < 1.29 is 14.3 Å². The van der Waals surface area contributed by atoms with E-state index in [1.807, 2.05) is 20.8 Å². The molecule has 1 heterocycles. The molecule has 1 saturated heterocycles. The number of amides is 1. The Hall–Kier alpha value is -1.10. The van der Waals surface area contributed by atoms with Crippen LogP contribution in [0.5, 0.6) is 0 Å². The Kier molecular flexibility index (Phi) is 4.14. The lowest BCUT2D eigenvalue weighted by Gasteiger charge is -2.36. The summed E-state index contributed by atoms with van der Waals surface area (Å²) in [4.78, 5) is 24.8. The summed E-state index contributed by atoms with van der Waals surface area (Å²) in [5.74, 6) is -0.0834. The summed E-state index contributed by atoms with van der Waals surface area (Å²) in [6, 6.07) is -0.148. The molecule has 2 N–H and O–H groups in total. The first-order valence-electron chi connectivity index (χ1n) is 5.93. The van der Waals surface area contributed by atoms with Crippen molar-refractivity contribution in [3.8, 4) is 0 Å². The van der Waals surface area contributed by atoms with Crippen LogP contribution in [0.4, 0.5) is 4.79 Å². The maximum atomic E-state index is 11.9. The van der Waals surface area contributed by atoms with Crippen molar-refractivity contribution in [2.24, 2.45) is 11.7 Å². The van der Waals surface area contributed by atoms with E-state index in [9.17, 15) is 9.59 Å². The fourth-order valence-electron chi connectivity index (χ4n) is 1.91. The second kappa shape index (κ2) is 5.04. The number of carbonyl (C=O) groups is 2. The highest BCUT2D eigenvalue weighted by atomic mass is 16.6. The van der Waals surface area contributed by atoms with Gasteiger partial charge in [-0.05, 0) is 34.1 Å². The smallest absolute Gasteiger partial charge is 0.410 e. The van der Waals surface area contributed by atoms with Crippen molar-refractivity contribution >= 4 is 11.9 Å². The van der Waals surface area contributed by atoms with Crippen molar-refractivity contribution in [3.63, 3.8) is 0 Å². The van der Waals surface area contributed by atoms with Crippen molar-refractivity contribution in [3.05, 3.63) is 0 Å². The van der Waals surface area contributed by atoms with Crippen LogP contribution >= 0.6 is 0 Å². The van der Waals surface area contributed by atoms with Gasteiger partial charge in [0, 0.05) is 25.0 Å². The summed E-state index contributed by atoms with van der Waals surface area (Å²) in [5.41, 5.74) is 5.33. The Bertz CT molecular complexity index is 309. The molecule has 0 spiro atoms. The van der Waals surface area contributed by atoms with E-state index < -0.39 is 5.60 Å². The highest BCUT2D eigenvalue weighted by Crippen LogP contribution is 2.19. The van der Waals surface area contributed by atoms with Gasteiger partial charge in [-0.25, -0.2) is 4.79 Å². The van der Waals surface area contributed by atoms with Gasteiger partial charge in [0.2, 0.25) is 0 Å². The van der Waals surface area contributed by atoms with Crippen LogP contribution in [0.15, 0.2) is 0 Å². The second-order valence-electron chi connectivity index (χ2n) is 5.69. The van der Waals surface area contributed by atoms with Gasteiger partial charge in [0.25, 0.3) is 0 Å². The Labute approximate surface area is 102 Å². The summed E-state index contributed by atoms with van der Waals surface area (Å²) >= 11 is 0. The van der Waals surface area contributed by atoms with E-state index in [1.54, 1.807) is 0 Å². The molecular weight excluding hydrogens is 220 g/mol. The number of carbonyl (C=O) groups excluding carboxylic acids is 2. The fraction of sp³-hybridized carbons (Fsp3) is 0.833. The van der Waals surface area contributed by atoms with Crippen LogP contribution in [0, 0.1) is 5.92 Å². The highest BCUT2D eigenvalue weighted by molar-refractivity contribution is 5.79. The normalized spacial score (nSPS) is 25.6. The molecule has 1 fully saturated rings. The third-order valence-electron chi connectivity index (χ3n) is 2.71.